The molecule has 0 aliphatic heterocycles. The van der Waals surface area contributed by atoms with E-state index in [1.807, 2.05) is 38.4 Å². The molecular weight excluding hydrogens is 318 g/mol. The van der Waals surface area contributed by atoms with E-state index in [4.69, 9.17) is 9.72 Å². The SMILES string of the molecule is CN(C)c1ccc(-c2ccc3cc(OC[C@@H](O)C[18F])ccc3n2)cc1. The van der Waals surface area contributed by atoms with Gasteiger partial charge in [-0.1, -0.05) is 18.2 Å². The van der Waals surface area contributed by atoms with Gasteiger partial charge in [0.2, 0.25) is 0 Å². The molecule has 0 saturated heterocycles. The molecule has 25 heavy (non-hydrogen) atoms. The quantitative estimate of drug-likeness (QED) is 0.744. The lowest BCUT2D eigenvalue weighted by Crippen LogP contribution is -2.19. The van der Waals surface area contributed by atoms with Crippen LogP contribution in [0.4, 0.5) is 10.1 Å². The van der Waals surface area contributed by atoms with Crippen molar-refractivity contribution in [3.8, 4) is 17.0 Å². The molecule has 0 spiro atoms. The van der Waals surface area contributed by atoms with Crippen molar-refractivity contribution in [2.24, 2.45) is 0 Å². The number of hydrogen-bond acceptors (Lipinski definition) is 4. The van der Waals surface area contributed by atoms with E-state index in [0.717, 1.165) is 27.8 Å². The lowest BCUT2D eigenvalue weighted by molar-refractivity contribution is 0.0842. The van der Waals surface area contributed by atoms with Crippen LogP contribution in [-0.2, 0) is 0 Å². The molecule has 130 valence electrons. The number of aromatic nitrogens is 1. The van der Waals surface area contributed by atoms with Gasteiger partial charge >= 0.3 is 0 Å². The largest absolute Gasteiger partial charge is 0.491 e. The summed E-state index contributed by atoms with van der Waals surface area (Å²) in [5.41, 5.74) is 3.95. The first-order valence-electron chi connectivity index (χ1n) is 8.12. The number of aliphatic hydroxyl groups excluding tert-OH is 1. The fourth-order valence-corrected chi connectivity index (χ4v) is 2.52. The maximum absolute atomic E-state index is 12.3. The first-order chi connectivity index (χ1) is 12.1. The Hall–Kier alpha value is -2.66. The van der Waals surface area contributed by atoms with Crippen LogP contribution in [-0.4, -0.2) is 43.6 Å². The zero-order chi connectivity index (χ0) is 17.8. The fourth-order valence-electron chi connectivity index (χ4n) is 2.52. The second kappa shape index (κ2) is 7.49. The van der Waals surface area contributed by atoms with Crippen molar-refractivity contribution in [1.29, 1.82) is 0 Å². The number of rotatable bonds is 6. The van der Waals surface area contributed by atoms with Crippen LogP contribution in [0.1, 0.15) is 0 Å². The molecule has 0 unspecified atom stereocenters. The van der Waals surface area contributed by atoms with Gasteiger partial charge in [0.15, 0.2) is 0 Å². The number of nitrogens with zero attached hydrogens (tertiary/aromatic N) is 2. The molecule has 1 N–H and O–H groups in total. The maximum atomic E-state index is 12.3. The van der Waals surface area contributed by atoms with Gasteiger partial charge in [-0.2, -0.15) is 0 Å². The zero-order valence-electron chi connectivity index (χ0n) is 14.3. The zero-order valence-corrected chi connectivity index (χ0v) is 14.3. The molecule has 2 aromatic carbocycles. The highest BCUT2D eigenvalue weighted by Gasteiger charge is 2.06. The number of hydrogen-bond donors (Lipinski definition) is 1. The predicted octanol–water partition coefficient (Wildman–Crippen LogP) is 3.68. The number of ether oxygens (including phenoxy) is 1. The smallest absolute Gasteiger partial charge is 0.120 e. The van der Waals surface area contributed by atoms with Gasteiger partial charge in [-0.15, -0.1) is 0 Å². The topological polar surface area (TPSA) is 45.6 Å². The van der Waals surface area contributed by atoms with Crippen molar-refractivity contribution in [2.75, 3.05) is 32.3 Å². The summed E-state index contributed by atoms with van der Waals surface area (Å²) in [7, 11) is 4.02. The molecular formula is C20H21FN2O2. The molecule has 1 heterocycles. The first-order valence-corrected chi connectivity index (χ1v) is 8.12. The van der Waals surface area contributed by atoms with Gasteiger partial charge in [-0.25, -0.2) is 9.37 Å². The average molecular weight is 339 g/mol. The predicted molar refractivity (Wildman–Crippen MR) is 99.0 cm³/mol. The monoisotopic (exact) mass is 339 g/mol. The van der Waals surface area contributed by atoms with E-state index in [0.29, 0.717) is 5.75 Å². The molecule has 0 saturated carbocycles. The minimum atomic E-state index is -1.10. The van der Waals surface area contributed by atoms with E-state index < -0.39 is 12.8 Å². The number of halogens is 1. The molecule has 0 radical (unpaired) electrons. The Bertz CT molecular complexity index is 850. The second-order valence-electron chi connectivity index (χ2n) is 6.11. The number of aliphatic hydroxyl groups is 1. The lowest BCUT2D eigenvalue weighted by atomic mass is 10.1. The van der Waals surface area contributed by atoms with Crippen LogP contribution in [0.15, 0.2) is 54.6 Å². The molecule has 1 atom stereocenters. The number of fused-ring (bicyclic) bond motifs is 1. The summed E-state index contributed by atoms with van der Waals surface area (Å²) in [6.07, 6.45) is -1.10. The number of pyridine rings is 1. The standard InChI is InChI=1S/C20H21FN2O2/c1-23(2)16-6-3-14(4-7-16)19-9-5-15-11-18(8-10-20(15)22-19)25-13-17(24)12-21/h3-11,17,24H,12-13H2,1-2H3/t17-/m0/s1/i21-1. The van der Waals surface area contributed by atoms with Gasteiger partial charge in [-0.3, -0.25) is 0 Å². The van der Waals surface area contributed by atoms with E-state index in [1.165, 1.54) is 0 Å². The third-order valence-corrected chi connectivity index (χ3v) is 3.96. The van der Waals surface area contributed by atoms with Crippen molar-refractivity contribution < 1.29 is 14.2 Å². The molecule has 0 aliphatic rings. The van der Waals surface area contributed by atoms with E-state index in [2.05, 4.69) is 29.2 Å². The van der Waals surface area contributed by atoms with E-state index in [1.54, 1.807) is 6.07 Å². The molecule has 5 heteroatoms. The van der Waals surface area contributed by atoms with E-state index >= 15 is 0 Å². The molecule has 3 rings (SSSR count). The van der Waals surface area contributed by atoms with Crippen LogP contribution in [0.25, 0.3) is 22.2 Å². The van der Waals surface area contributed by atoms with Crippen molar-refractivity contribution in [2.45, 2.75) is 6.10 Å². The van der Waals surface area contributed by atoms with Gasteiger partial charge in [0.05, 0.1) is 11.2 Å². The van der Waals surface area contributed by atoms with Gasteiger partial charge in [0.1, 0.15) is 25.1 Å². The van der Waals surface area contributed by atoms with Crippen LogP contribution in [0.3, 0.4) is 0 Å². The number of anilines is 1. The molecule has 4 nitrogen and oxygen atoms in total. The van der Waals surface area contributed by atoms with Gasteiger partial charge in [-0.05, 0) is 36.4 Å². The van der Waals surface area contributed by atoms with E-state index in [9.17, 15) is 9.50 Å². The normalized spacial score (nSPS) is 12.2. The lowest BCUT2D eigenvalue weighted by Gasteiger charge is -2.13. The highest BCUT2D eigenvalue weighted by molar-refractivity contribution is 5.83. The maximum Gasteiger partial charge on any atom is 0.120 e. The summed E-state index contributed by atoms with van der Waals surface area (Å²) >= 11 is 0. The third kappa shape index (κ3) is 4.06. The minimum Gasteiger partial charge on any atom is -0.491 e. The molecule has 0 amide bonds. The average Bonchev–Trinajstić information content (AvgIpc) is 2.65. The summed E-state index contributed by atoms with van der Waals surface area (Å²) in [6, 6.07) is 17.7. The second-order valence-corrected chi connectivity index (χ2v) is 6.11. The fraction of sp³-hybridized carbons (Fsp3) is 0.250. The van der Waals surface area contributed by atoms with Gasteiger partial charge < -0.3 is 14.7 Å². The summed E-state index contributed by atoms with van der Waals surface area (Å²) in [5, 5.41) is 10.2. The highest BCUT2D eigenvalue weighted by atomic mass is 18.2. The Morgan fingerprint density at radius 3 is 2.52 bits per heavy atom. The van der Waals surface area contributed by atoms with Crippen molar-refractivity contribution in [3.63, 3.8) is 0 Å². The Labute approximate surface area is 146 Å². The molecule has 3 aromatic rings. The van der Waals surface area contributed by atoms with Crippen LogP contribution >= 0.6 is 0 Å². The van der Waals surface area contributed by atoms with E-state index in [-0.39, 0.29) is 6.61 Å². The molecule has 0 aliphatic carbocycles. The number of alkyl halides is 1. The Morgan fingerprint density at radius 1 is 1.08 bits per heavy atom. The van der Waals surface area contributed by atoms with Crippen molar-refractivity contribution in [3.05, 3.63) is 54.6 Å². The van der Waals surface area contributed by atoms with Crippen molar-refractivity contribution in [1.82, 2.24) is 4.98 Å². The van der Waals surface area contributed by atoms with Crippen LogP contribution in [0.5, 0.6) is 5.75 Å². The summed E-state index contributed by atoms with van der Waals surface area (Å²) < 4.78 is 17.7. The third-order valence-electron chi connectivity index (χ3n) is 3.96. The number of benzene rings is 2. The first kappa shape index (κ1) is 17.2. The minimum absolute atomic E-state index is 0.0637. The van der Waals surface area contributed by atoms with Gasteiger partial charge in [0.25, 0.3) is 0 Å². The summed E-state index contributed by atoms with van der Waals surface area (Å²) in [5.74, 6) is 0.588. The van der Waals surface area contributed by atoms with Crippen LogP contribution in [0, 0.1) is 0 Å². The van der Waals surface area contributed by atoms with Crippen LogP contribution < -0.4 is 9.64 Å². The van der Waals surface area contributed by atoms with Crippen LogP contribution in [0.2, 0.25) is 0 Å². The highest BCUT2D eigenvalue weighted by Crippen LogP contribution is 2.25. The molecule has 0 bridgehead atoms. The summed E-state index contributed by atoms with van der Waals surface area (Å²) in [4.78, 5) is 6.75. The van der Waals surface area contributed by atoms with Gasteiger partial charge in [0, 0.05) is 30.7 Å². The Kier molecular flexibility index (Phi) is 5.14. The summed E-state index contributed by atoms with van der Waals surface area (Å²) in [6.45, 7) is -0.878. The Balaban J connectivity index is 1.82. The van der Waals surface area contributed by atoms with Crippen molar-refractivity contribution >= 4 is 16.6 Å². The Morgan fingerprint density at radius 2 is 1.84 bits per heavy atom. The molecule has 1 aromatic heterocycles. The molecule has 0 fully saturated rings.